The van der Waals surface area contributed by atoms with Gasteiger partial charge in [0.1, 0.15) is 5.75 Å². The third-order valence-corrected chi connectivity index (χ3v) is 6.33. The first kappa shape index (κ1) is 19.0. The van der Waals surface area contributed by atoms with Crippen LogP contribution in [0.15, 0.2) is 34.6 Å². The Kier molecular flexibility index (Phi) is 5.28. The topological polar surface area (TPSA) is 59.3 Å². The predicted octanol–water partition coefficient (Wildman–Crippen LogP) is 2.59. The van der Waals surface area contributed by atoms with Crippen molar-refractivity contribution in [3.8, 4) is 5.75 Å². The van der Waals surface area contributed by atoms with Gasteiger partial charge in [-0.05, 0) is 12.1 Å². The Bertz CT molecular complexity index is 1090. The van der Waals surface area contributed by atoms with Crippen LogP contribution in [0, 0.1) is 0 Å². The lowest BCUT2D eigenvalue weighted by Gasteiger charge is -2.35. The molecule has 0 N–H and O–H groups in total. The van der Waals surface area contributed by atoms with Gasteiger partial charge in [0.05, 0.1) is 12.3 Å². The van der Waals surface area contributed by atoms with Crippen molar-refractivity contribution in [2.24, 2.45) is 0 Å². The minimum atomic E-state index is -0.0143. The smallest absolute Gasteiger partial charge is 0.258 e. The van der Waals surface area contributed by atoms with Gasteiger partial charge in [-0.15, -0.1) is 11.3 Å². The van der Waals surface area contributed by atoms with Crippen LogP contribution in [0.2, 0.25) is 5.02 Å². The summed E-state index contributed by atoms with van der Waals surface area (Å²) in [6, 6.07) is 5.55. The van der Waals surface area contributed by atoms with Gasteiger partial charge in [0.2, 0.25) is 0 Å². The molecule has 0 saturated carbocycles. The first-order valence-corrected chi connectivity index (χ1v) is 10.8. The van der Waals surface area contributed by atoms with Crippen LogP contribution in [0.1, 0.15) is 16.8 Å². The quantitative estimate of drug-likeness (QED) is 0.631. The molecule has 4 heterocycles. The second-order valence-electron chi connectivity index (χ2n) is 7.36. The zero-order chi connectivity index (χ0) is 19.8. The molecule has 0 amide bonds. The van der Waals surface area contributed by atoms with E-state index >= 15 is 0 Å². The fourth-order valence-electron chi connectivity index (χ4n) is 3.92. The highest BCUT2D eigenvalue weighted by atomic mass is 35.5. The first-order valence-electron chi connectivity index (χ1n) is 9.58. The molecule has 5 rings (SSSR count). The van der Waals surface area contributed by atoms with Crippen LogP contribution >= 0.6 is 22.9 Å². The van der Waals surface area contributed by atoms with Gasteiger partial charge >= 0.3 is 0 Å². The number of hydrogen-bond acceptors (Lipinski definition) is 7. The second-order valence-corrected chi connectivity index (χ2v) is 8.67. The van der Waals surface area contributed by atoms with Crippen molar-refractivity contribution in [1.29, 1.82) is 0 Å². The molecule has 2 aliphatic heterocycles. The van der Waals surface area contributed by atoms with E-state index in [-0.39, 0.29) is 12.4 Å². The summed E-state index contributed by atoms with van der Waals surface area (Å²) in [7, 11) is 0. The van der Waals surface area contributed by atoms with Gasteiger partial charge in [-0.2, -0.15) is 0 Å². The van der Waals surface area contributed by atoms with Gasteiger partial charge in [-0.1, -0.05) is 11.6 Å². The van der Waals surface area contributed by atoms with Gasteiger partial charge in [-0.25, -0.2) is 4.98 Å². The summed E-state index contributed by atoms with van der Waals surface area (Å²) < 4.78 is 12.7. The first-order chi connectivity index (χ1) is 14.2. The zero-order valence-corrected chi connectivity index (χ0v) is 17.4. The Morgan fingerprint density at radius 1 is 1.10 bits per heavy atom. The molecule has 0 atom stereocenters. The van der Waals surface area contributed by atoms with Crippen LogP contribution in [-0.4, -0.2) is 52.2 Å². The van der Waals surface area contributed by atoms with E-state index in [1.807, 2.05) is 17.5 Å². The van der Waals surface area contributed by atoms with Gasteiger partial charge in [0.25, 0.3) is 5.56 Å². The Morgan fingerprint density at radius 2 is 1.90 bits per heavy atom. The minimum Gasteiger partial charge on any atom is -0.467 e. The third kappa shape index (κ3) is 4.04. The summed E-state index contributed by atoms with van der Waals surface area (Å²) in [5, 5.41) is 2.60. The average molecular weight is 433 g/mol. The van der Waals surface area contributed by atoms with Crippen molar-refractivity contribution in [3.63, 3.8) is 0 Å². The van der Waals surface area contributed by atoms with Crippen LogP contribution in [0.5, 0.6) is 5.75 Å². The van der Waals surface area contributed by atoms with Gasteiger partial charge in [-0.3, -0.25) is 19.0 Å². The van der Waals surface area contributed by atoms with Crippen molar-refractivity contribution < 1.29 is 9.47 Å². The lowest BCUT2D eigenvalue weighted by atomic mass is 10.1. The fraction of sp³-hybridized carbons (Fsp3) is 0.400. The van der Waals surface area contributed by atoms with E-state index in [0.29, 0.717) is 18.2 Å². The normalized spacial score (nSPS) is 18.0. The van der Waals surface area contributed by atoms with Crippen LogP contribution in [0.4, 0.5) is 0 Å². The highest BCUT2D eigenvalue weighted by Crippen LogP contribution is 2.32. The molecule has 3 aromatic rings. The highest BCUT2D eigenvalue weighted by Gasteiger charge is 2.22. The molecule has 0 radical (unpaired) electrons. The fourth-order valence-corrected chi connectivity index (χ4v) is 4.92. The molecule has 1 fully saturated rings. The molecule has 0 unspecified atom stereocenters. The van der Waals surface area contributed by atoms with Crippen LogP contribution in [-0.2, 0) is 24.4 Å². The van der Waals surface area contributed by atoms with Gasteiger partial charge < -0.3 is 9.47 Å². The molecule has 1 aromatic carbocycles. The molecular formula is C20H21ClN4O3S. The second kappa shape index (κ2) is 8.04. The maximum absolute atomic E-state index is 12.2. The minimum absolute atomic E-state index is 0.0143. The lowest BCUT2D eigenvalue weighted by Crippen LogP contribution is -2.45. The summed E-state index contributed by atoms with van der Waals surface area (Å²) in [5.41, 5.74) is 2.95. The van der Waals surface area contributed by atoms with Crippen molar-refractivity contribution in [2.45, 2.75) is 19.7 Å². The molecule has 1 saturated heterocycles. The van der Waals surface area contributed by atoms with E-state index in [1.165, 1.54) is 11.3 Å². The Labute approximate surface area is 177 Å². The number of thiazole rings is 1. The number of ether oxygens (including phenoxy) is 2. The number of piperazine rings is 1. The van der Waals surface area contributed by atoms with Crippen molar-refractivity contribution in [3.05, 3.63) is 62.0 Å². The Hall–Kier alpha value is -1.97. The van der Waals surface area contributed by atoms with E-state index in [1.54, 1.807) is 16.7 Å². The SMILES string of the molecule is O=c1cc(CN2CCN(Cc3cc(Cl)cc4c3OCOC4)CC2)nc2sccn12. The molecule has 2 aliphatic rings. The summed E-state index contributed by atoms with van der Waals surface area (Å²) >= 11 is 7.77. The van der Waals surface area contributed by atoms with Crippen LogP contribution in [0.3, 0.4) is 0 Å². The number of fused-ring (bicyclic) bond motifs is 2. The highest BCUT2D eigenvalue weighted by molar-refractivity contribution is 7.15. The molecule has 0 aliphatic carbocycles. The molecule has 9 heteroatoms. The molecule has 2 aromatic heterocycles. The van der Waals surface area contributed by atoms with E-state index in [4.69, 9.17) is 21.1 Å². The van der Waals surface area contributed by atoms with Crippen LogP contribution < -0.4 is 10.3 Å². The number of benzene rings is 1. The molecular weight excluding hydrogens is 412 g/mol. The van der Waals surface area contributed by atoms with E-state index in [0.717, 1.165) is 60.3 Å². The number of halogens is 1. The summed E-state index contributed by atoms with van der Waals surface area (Å²) in [4.78, 5) is 22.3. The molecule has 29 heavy (non-hydrogen) atoms. The van der Waals surface area contributed by atoms with Crippen molar-refractivity contribution in [1.82, 2.24) is 19.2 Å². The van der Waals surface area contributed by atoms with Crippen LogP contribution in [0.25, 0.3) is 4.96 Å². The maximum Gasteiger partial charge on any atom is 0.258 e. The third-order valence-electron chi connectivity index (χ3n) is 5.35. The summed E-state index contributed by atoms with van der Waals surface area (Å²) in [6.07, 6.45) is 1.77. The van der Waals surface area contributed by atoms with E-state index in [9.17, 15) is 4.79 Å². The van der Waals surface area contributed by atoms with E-state index in [2.05, 4.69) is 14.8 Å². The molecule has 0 spiro atoms. The monoisotopic (exact) mass is 432 g/mol. The van der Waals surface area contributed by atoms with Gasteiger partial charge in [0.15, 0.2) is 11.8 Å². The average Bonchev–Trinajstić information content (AvgIpc) is 3.19. The summed E-state index contributed by atoms with van der Waals surface area (Å²) in [6.45, 7) is 6.07. The van der Waals surface area contributed by atoms with Crippen molar-refractivity contribution >= 4 is 27.9 Å². The Balaban J connectivity index is 1.23. The van der Waals surface area contributed by atoms with Crippen molar-refractivity contribution in [2.75, 3.05) is 33.0 Å². The molecule has 0 bridgehead atoms. The largest absolute Gasteiger partial charge is 0.467 e. The number of aromatic nitrogens is 2. The molecule has 152 valence electrons. The standard InChI is InChI=1S/C20H21ClN4O3S/c21-16-7-14(19-15(8-16)12-27-13-28-19)10-23-1-3-24(4-2-23)11-17-9-18(26)25-5-6-29-20(25)22-17/h5-9H,1-4,10-13H2. The number of hydrogen-bond donors (Lipinski definition) is 0. The Morgan fingerprint density at radius 3 is 2.72 bits per heavy atom. The zero-order valence-electron chi connectivity index (χ0n) is 15.8. The van der Waals surface area contributed by atoms with Gasteiger partial charge in [0, 0.05) is 73.1 Å². The molecule has 7 nitrogen and oxygen atoms in total. The summed E-state index contributed by atoms with van der Waals surface area (Å²) in [5.74, 6) is 0.914. The number of nitrogens with zero attached hydrogens (tertiary/aromatic N) is 4. The lowest BCUT2D eigenvalue weighted by molar-refractivity contribution is -0.0176. The predicted molar refractivity (Wildman–Crippen MR) is 112 cm³/mol. The number of rotatable bonds is 4. The van der Waals surface area contributed by atoms with E-state index < -0.39 is 0 Å². The maximum atomic E-state index is 12.2.